The summed E-state index contributed by atoms with van der Waals surface area (Å²) >= 11 is 0. The van der Waals surface area contributed by atoms with E-state index >= 15 is 0 Å². The maximum atomic E-state index is 9.66. The predicted molar refractivity (Wildman–Crippen MR) is 155 cm³/mol. The number of ether oxygens (including phenoxy) is 1. The fraction of sp³-hybridized carbons (Fsp3) is 0.464. The monoisotopic (exact) mass is 570 g/mol. The SMILES string of the molecule is C[Si](C)(C)CCOCn1ccc2c(-c3cnn([C@@H](CC#N)C4CCN(c5ncc(CO)nc5C#N)C4)c3)ncnc21. The second kappa shape index (κ2) is 12.1. The Morgan fingerprint density at radius 2 is 2.05 bits per heavy atom. The van der Waals surface area contributed by atoms with E-state index < -0.39 is 8.07 Å². The molecule has 1 aliphatic rings. The molecule has 1 fully saturated rings. The molecule has 212 valence electrons. The molecule has 0 aliphatic carbocycles. The highest BCUT2D eigenvalue weighted by molar-refractivity contribution is 6.76. The summed E-state index contributed by atoms with van der Waals surface area (Å²) in [4.78, 5) is 19.7. The van der Waals surface area contributed by atoms with Crippen molar-refractivity contribution < 1.29 is 9.84 Å². The maximum Gasteiger partial charge on any atom is 0.183 e. The molecule has 1 aliphatic heterocycles. The molecule has 0 aromatic carbocycles. The van der Waals surface area contributed by atoms with E-state index in [0.29, 0.717) is 37.8 Å². The van der Waals surface area contributed by atoms with Crippen LogP contribution < -0.4 is 4.90 Å². The van der Waals surface area contributed by atoms with Crippen LogP contribution >= 0.6 is 0 Å². The van der Waals surface area contributed by atoms with Gasteiger partial charge in [0.2, 0.25) is 0 Å². The van der Waals surface area contributed by atoms with Gasteiger partial charge in [-0.1, -0.05) is 19.6 Å². The zero-order valence-corrected chi connectivity index (χ0v) is 24.6. The van der Waals surface area contributed by atoms with E-state index in [-0.39, 0.29) is 24.3 Å². The lowest BCUT2D eigenvalue weighted by atomic mass is 9.96. The van der Waals surface area contributed by atoms with Gasteiger partial charge in [-0.25, -0.2) is 19.9 Å². The average molecular weight is 571 g/mol. The van der Waals surface area contributed by atoms with Crippen LogP contribution in [0.15, 0.2) is 37.2 Å². The number of hydrogen-bond acceptors (Lipinski definition) is 10. The largest absolute Gasteiger partial charge is 0.390 e. The Labute approximate surface area is 239 Å². The number of nitriles is 2. The van der Waals surface area contributed by atoms with Crippen molar-refractivity contribution in [1.82, 2.24) is 34.3 Å². The lowest BCUT2D eigenvalue weighted by Crippen LogP contribution is -2.26. The molecular weight excluding hydrogens is 536 g/mol. The van der Waals surface area contributed by atoms with Gasteiger partial charge in [-0.05, 0) is 18.5 Å². The fourth-order valence-electron chi connectivity index (χ4n) is 5.19. The number of nitrogens with zero attached hydrogens (tertiary/aromatic N) is 10. The Balaban J connectivity index is 1.33. The highest BCUT2D eigenvalue weighted by atomic mass is 28.3. The summed E-state index contributed by atoms with van der Waals surface area (Å²) in [6, 6.07) is 7.37. The molecule has 5 rings (SSSR count). The van der Waals surface area contributed by atoms with Crippen molar-refractivity contribution in [3.8, 4) is 23.4 Å². The number of aromatic nitrogens is 7. The molecule has 4 aromatic heterocycles. The molecule has 2 atom stereocenters. The van der Waals surface area contributed by atoms with Crippen molar-refractivity contribution in [3.05, 3.63) is 48.6 Å². The van der Waals surface area contributed by atoms with Crippen molar-refractivity contribution in [2.24, 2.45) is 5.92 Å². The summed E-state index contributed by atoms with van der Waals surface area (Å²) in [5.41, 5.74) is 2.98. The molecule has 4 aromatic rings. The maximum absolute atomic E-state index is 9.66. The first kappa shape index (κ1) is 28.4. The van der Waals surface area contributed by atoms with Gasteiger partial charge in [-0.3, -0.25) is 4.68 Å². The molecule has 1 saturated heterocycles. The molecule has 0 spiro atoms. The summed E-state index contributed by atoms with van der Waals surface area (Å²) in [7, 11) is -1.16. The topological polar surface area (TPSA) is 155 Å². The van der Waals surface area contributed by atoms with Gasteiger partial charge in [0, 0.05) is 57.0 Å². The fourth-order valence-corrected chi connectivity index (χ4v) is 5.94. The first-order valence-corrected chi connectivity index (χ1v) is 17.4. The standard InChI is InChI=1S/C28H34N10O2Si/c1-41(2,3)11-10-40-19-37-9-6-23-26(32-18-33-27(23)37)21-13-34-38(16-21)25(4-7-29)20-5-8-36(15-20)28-24(12-30)35-22(17-39)14-31-28/h6,9,13-14,16,18,20,25,39H,4-5,8,10-11,15,17,19H2,1-3H3/t20?,25-/m0/s1. The Morgan fingerprint density at radius 3 is 2.80 bits per heavy atom. The molecule has 0 amide bonds. The summed E-state index contributed by atoms with van der Waals surface area (Å²) in [6.45, 7) is 9.20. The molecule has 1 N–H and O–H groups in total. The van der Waals surface area contributed by atoms with E-state index in [0.717, 1.165) is 41.4 Å². The van der Waals surface area contributed by atoms with Crippen LogP contribution in [0.25, 0.3) is 22.3 Å². The lowest BCUT2D eigenvalue weighted by molar-refractivity contribution is 0.0899. The number of aliphatic hydroxyl groups is 1. The molecule has 1 unspecified atom stereocenters. The van der Waals surface area contributed by atoms with Gasteiger partial charge in [0.15, 0.2) is 11.5 Å². The first-order chi connectivity index (χ1) is 19.8. The molecule has 0 radical (unpaired) electrons. The van der Waals surface area contributed by atoms with Gasteiger partial charge < -0.3 is 19.3 Å². The second-order valence-electron chi connectivity index (χ2n) is 11.5. The molecule has 5 heterocycles. The Kier molecular flexibility index (Phi) is 8.40. The lowest BCUT2D eigenvalue weighted by Gasteiger charge is -2.23. The van der Waals surface area contributed by atoms with Gasteiger partial charge in [0.25, 0.3) is 0 Å². The van der Waals surface area contributed by atoms with Crippen LogP contribution in [0.5, 0.6) is 0 Å². The Bertz CT molecular complexity index is 1600. The van der Waals surface area contributed by atoms with Crippen LogP contribution in [0.4, 0.5) is 5.82 Å². The number of fused-ring (bicyclic) bond motifs is 1. The Morgan fingerprint density at radius 1 is 1.20 bits per heavy atom. The van der Waals surface area contributed by atoms with Crippen LogP contribution in [0.2, 0.25) is 25.7 Å². The summed E-state index contributed by atoms with van der Waals surface area (Å²) < 4.78 is 9.80. The van der Waals surface area contributed by atoms with E-state index in [2.05, 4.69) is 56.8 Å². The minimum atomic E-state index is -1.16. The third kappa shape index (κ3) is 6.28. The zero-order chi connectivity index (χ0) is 29.0. The Hall–Kier alpha value is -4.17. The number of anilines is 1. The normalized spacial score (nSPS) is 16.1. The van der Waals surface area contributed by atoms with E-state index in [1.807, 2.05) is 32.6 Å². The van der Waals surface area contributed by atoms with Crippen molar-refractivity contribution in [2.45, 2.75) is 57.9 Å². The molecule has 13 heteroatoms. The average Bonchev–Trinajstić information content (AvgIpc) is 3.73. The van der Waals surface area contributed by atoms with Crippen molar-refractivity contribution in [2.75, 3.05) is 24.6 Å². The third-order valence-corrected chi connectivity index (χ3v) is 9.14. The van der Waals surface area contributed by atoms with Crippen LogP contribution in [-0.2, 0) is 18.1 Å². The molecular formula is C28H34N10O2Si. The summed E-state index contributed by atoms with van der Waals surface area (Å²) in [6.07, 6.45) is 9.87. The van der Waals surface area contributed by atoms with Gasteiger partial charge >= 0.3 is 0 Å². The van der Waals surface area contributed by atoms with Crippen molar-refractivity contribution in [1.29, 1.82) is 10.5 Å². The van der Waals surface area contributed by atoms with Crippen LogP contribution in [0, 0.1) is 28.6 Å². The number of rotatable bonds is 11. The highest BCUT2D eigenvalue weighted by Crippen LogP contribution is 2.34. The van der Waals surface area contributed by atoms with E-state index in [9.17, 15) is 15.6 Å². The van der Waals surface area contributed by atoms with E-state index in [1.54, 1.807) is 12.5 Å². The van der Waals surface area contributed by atoms with Crippen LogP contribution in [0.3, 0.4) is 0 Å². The number of hydrogen-bond donors (Lipinski definition) is 1. The smallest absolute Gasteiger partial charge is 0.183 e. The summed E-state index contributed by atoms with van der Waals surface area (Å²) in [5.74, 6) is 0.620. The summed E-state index contributed by atoms with van der Waals surface area (Å²) in [5, 5.41) is 34.1. The minimum absolute atomic E-state index is 0.119. The molecule has 0 saturated carbocycles. The minimum Gasteiger partial charge on any atom is -0.390 e. The van der Waals surface area contributed by atoms with Gasteiger partial charge in [-0.15, -0.1) is 0 Å². The van der Waals surface area contributed by atoms with Crippen LogP contribution in [0.1, 0.15) is 30.3 Å². The first-order valence-electron chi connectivity index (χ1n) is 13.7. The third-order valence-electron chi connectivity index (χ3n) is 7.44. The quantitative estimate of drug-likeness (QED) is 0.208. The van der Waals surface area contributed by atoms with E-state index in [1.165, 1.54) is 6.20 Å². The predicted octanol–water partition coefficient (Wildman–Crippen LogP) is 3.74. The van der Waals surface area contributed by atoms with Gasteiger partial charge in [0.1, 0.15) is 24.8 Å². The van der Waals surface area contributed by atoms with E-state index in [4.69, 9.17) is 4.74 Å². The van der Waals surface area contributed by atoms with Crippen molar-refractivity contribution in [3.63, 3.8) is 0 Å². The number of aliphatic hydroxyl groups excluding tert-OH is 1. The van der Waals surface area contributed by atoms with Crippen molar-refractivity contribution >= 4 is 24.9 Å². The zero-order valence-electron chi connectivity index (χ0n) is 23.6. The molecule has 0 bridgehead atoms. The van der Waals surface area contributed by atoms with Gasteiger partial charge in [-0.2, -0.15) is 15.6 Å². The highest BCUT2D eigenvalue weighted by Gasteiger charge is 2.33. The molecule has 12 nitrogen and oxygen atoms in total. The molecule has 41 heavy (non-hydrogen) atoms. The van der Waals surface area contributed by atoms with Gasteiger partial charge in [0.05, 0.1) is 48.9 Å². The van der Waals surface area contributed by atoms with Crippen LogP contribution in [-0.4, -0.2) is 67.2 Å². The second-order valence-corrected chi connectivity index (χ2v) is 17.2.